The van der Waals surface area contributed by atoms with Crippen molar-refractivity contribution in [3.63, 3.8) is 0 Å². The van der Waals surface area contributed by atoms with E-state index < -0.39 is 10.8 Å². The molecule has 2 aromatic carbocycles. The van der Waals surface area contributed by atoms with Gasteiger partial charge in [0.2, 0.25) is 0 Å². The molecule has 0 saturated carbocycles. The highest BCUT2D eigenvalue weighted by Gasteiger charge is 2.21. The van der Waals surface area contributed by atoms with Gasteiger partial charge in [0.05, 0.1) is 36.0 Å². The molecule has 30 heavy (non-hydrogen) atoms. The smallest absolute Gasteiger partial charge is 0.293 e. The number of hydrogen-bond donors (Lipinski definition) is 1. The lowest BCUT2D eigenvalue weighted by Gasteiger charge is -2.28. The zero-order valence-electron chi connectivity index (χ0n) is 16.0. The zero-order valence-corrected chi connectivity index (χ0v) is 16.0. The molecular formula is C20H19N5O5. The molecular weight excluding hydrogens is 390 g/mol. The van der Waals surface area contributed by atoms with Gasteiger partial charge in [-0.2, -0.15) is 5.26 Å². The molecule has 1 aliphatic rings. The summed E-state index contributed by atoms with van der Waals surface area (Å²) in [5, 5.41) is 26.6. The van der Waals surface area contributed by atoms with Crippen molar-refractivity contribution < 1.29 is 19.3 Å². The standard InChI is InChI=1S/C20H19N5O5/c21-12-15-2-1-3-17(10-15)23-20(26)14-30-22-13-16-4-5-18(19(11-16)25(27)28)24-6-8-29-9-7-24/h1-5,10-11,13H,6-9,14H2,(H,23,26)/b22-13-. The molecule has 0 atom stereocenters. The Morgan fingerprint density at radius 2 is 2.13 bits per heavy atom. The number of carbonyl (C=O) groups excluding carboxylic acids is 1. The molecule has 1 aliphatic heterocycles. The van der Waals surface area contributed by atoms with Gasteiger partial charge >= 0.3 is 0 Å². The minimum atomic E-state index is -0.448. The third kappa shape index (κ3) is 5.52. The number of morpholine rings is 1. The molecule has 2 aromatic rings. The minimum absolute atomic E-state index is 0.0315. The maximum absolute atomic E-state index is 11.9. The zero-order chi connectivity index (χ0) is 21.3. The fraction of sp³-hybridized carbons (Fsp3) is 0.250. The molecule has 1 saturated heterocycles. The fourth-order valence-corrected chi connectivity index (χ4v) is 2.90. The summed E-state index contributed by atoms with van der Waals surface area (Å²) in [6.07, 6.45) is 1.31. The molecule has 0 bridgehead atoms. The predicted octanol–water partition coefficient (Wildman–Crippen LogP) is 2.29. The largest absolute Gasteiger partial charge is 0.386 e. The maximum atomic E-state index is 11.9. The average Bonchev–Trinajstić information content (AvgIpc) is 2.77. The topological polar surface area (TPSA) is 130 Å². The van der Waals surface area contributed by atoms with Gasteiger partial charge in [-0.05, 0) is 24.3 Å². The SMILES string of the molecule is N#Cc1cccc(NC(=O)CO/N=C\c2ccc(N3CCOCC3)c([N+](=O)[O-])c2)c1. The molecule has 1 amide bonds. The molecule has 1 N–H and O–H groups in total. The van der Waals surface area contributed by atoms with Gasteiger partial charge in [-0.15, -0.1) is 0 Å². The summed E-state index contributed by atoms with van der Waals surface area (Å²) >= 11 is 0. The van der Waals surface area contributed by atoms with Crippen molar-refractivity contribution in [2.24, 2.45) is 5.16 Å². The highest BCUT2D eigenvalue weighted by molar-refractivity contribution is 5.92. The van der Waals surface area contributed by atoms with Crippen molar-refractivity contribution in [2.75, 3.05) is 43.1 Å². The number of nitrogens with zero attached hydrogens (tertiary/aromatic N) is 4. The van der Waals surface area contributed by atoms with Crippen LogP contribution in [0.2, 0.25) is 0 Å². The Kier molecular flexibility index (Phi) is 6.91. The Bertz CT molecular complexity index is 995. The van der Waals surface area contributed by atoms with Crippen molar-refractivity contribution in [2.45, 2.75) is 0 Å². The van der Waals surface area contributed by atoms with Crippen molar-refractivity contribution in [1.82, 2.24) is 0 Å². The summed E-state index contributed by atoms with van der Waals surface area (Å²) in [6, 6.07) is 13.2. The quantitative estimate of drug-likeness (QED) is 0.422. The number of nitrogens with one attached hydrogen (secondary N) is 1. The summed E-state index contributed by atoms with van der Waals surface area (Å²) in [6.45, 7) is 1.88. The predicted molar refractivity (Wildman–Crippen MR) is 109 cm³/mol. The lowest BCUT2D eigenvalue weighted by molar-refractivity contribution is -0.384. The molecule has 0 unspecified atom stereocenters. The van der Waals surface area contributed by atoms with Crippen LogP contribution >= 0.6 is 0 Å². The Morgan fingerprint density at radius 3 is 2.87 bits per heavy atom. The van der Waals surface area contributed by atoms with Crippen LogP contribution in [0.25, 0.3) is 0 Å². The maximum Gasteiger partial charge on any atom is 0.293 e. The second-order valence-corrected chi connectivity index (χ2v) is 6.35. The number of carbonyl (C=O) groups is 1. The third-order valence-corrected chi connectivity index (χ3v) is 4.30. The molecule has 10 heteroatoms. The van der Waals surface area contributed by atoms with E-state index in [0.717, 1.165) is 0 Å². The van der Waals surface area contributed by atoms with Crippen LogP contribution in [0.4, 0.5) is 17.1 Å². The second kappa shape index (κ2) is 9.99. The molecule has 10 nitrogen and oxygen atoms in total. The number of oxime groups is 1. The van der Waals surface area contributed by atoms with Gasteiger partial charge in [0.1, 0.15) is 5.69 Å². The lowest BCUT2D eigenvalue weighted by Crippen LogP contribution is -2.36. The highest BCUT2D eigenvalue weighted by Crippen LogP contribution is 2.29. The Hall–Kier alpha value is -3.97. The number of nitro groups is 1. The van der Waals surface area contributed by atoms with Gasteiger partial charge in [-0.1, -0.05) is 17.3 Å². The van der Waals surface area contributed by atoms with Gasteiger partial charge in [0.15, 0.2) is 6.61 Å². The summed E-state index contributed by atoms with van der Waals surface area (Å²) in [4.78, 5) is 29.8. The summed E-state index contributed by atoms with van der Waals surface area (Å²) in [5.74, 6) is -0.448. The average molecular weight is 409 g/mol. The Balaban J connectivity index is 1.57. The van der Waals surface area contributed by atoms with E-state index >= 15 is 0 Å². The molecule has 0 radical (unpaired) electrons. The summed E-state index contributed by atoms with van der Waals surface area (Å²) in [7, 11) is 0. The van der Waals surface area contributed by atoms with Gasteiger partial charge < -0.3 is 19.8 Å². The molecule has 0 aliphatic carbocycles. The van der Waals surface area contributed by atoms with E-state index in [0.29, 0.717) is 48.8 Å². The van der Waals surface area contributed by atoms with E-state index in [1.54, 1.807) is 30.3 Å². The van der Waals surface area contributed by atoms with Crippen molar-refractivity contribution >= 4 is 29.2 Å². The van der Waals surface area contributed by atoms with E-state index in [1.165, 1.54) is 18.3 Å². The first-order chi connectivity index (χ1) is 14.6. The molecule has 1 heterocycles. The molecule has 1 fully saturated rings. The van der Waals surface area contributed by atoms with Crippen molar-refractivity contribution in [1.29, 1.82) is 5.26 Å². The minimum Gasteiger partial charge on any atom is -0.386 e. The van der Waals surface area contributed by atoms with E-state index in [1.807, 2.05) is 11.0 Å². The molecule has 154 valence electrons. The van der Waals surface area contributed by atoms with E-state index in [-0.39, 0.29) is 12.3 Å². The number of benzene rings is 2. The fourth-order valence-electron chi connectivity index (χ4n) is 2.90. The van der Waals surface area contributed by atoms with E-state index in [4.69, 9.17) is 14.8 Å². The van der Waals surface area contributed by atoms with Gasteiger partial charge in [-0.25, -0.2) is 0 Å². The third-order valence-electron chi connectivity index (χ3n) is 4.30. The summed E-state index contributed by atoms with van der Waals surface area (Å²) < 4.78 is 5.28. The molecule has 3 rings (SSSR count). The highest BCUT2D eigenvalue weighted by atomic mass is 16.6. The lowest BCUT2D eigenvalue weighted by atomic mass is 10.1. The number of hydrogen-bond acceptors (Lipinski definition) is 8. The van der Waals surface area contributed by atoms with Gasteiger partial charge in [-0.3, -0.25) is 14.9 Å². The number of ether oxygens (including phenoxy) is 1. The van der Waals surface area contributed by atoms with Gasteiger partial charge in [0, 0.05) is 30.4 Å². The monoisotopic (exact) mass is 409 g/mol. The number of rotatable bonds is 7. The van der Waals surface area contributed by atoms with Crippen molar-refractivity contribution in [3.8, 4) is 6.07 Å². The normalized spacial score (nSPS) is 13.6. The number of nitriles is 1. The van der Waals surface area contributed by atoms with Crippen LogP contribution < -0.4 is 10.2 Å². The van der Waals surface area contributed by atoms with Gasteiger partial charge in [0.25, 0.3) is 11.6 Å². The van der Waals surface area contributed by atoms with Crippen LogP contribution in [0.15, 0.2) is 47.6 Å². The van der Waals surface area contributed by atoms with Crippen LogP contribution in [-0.4, -0.2) is 50.0 Å². The Morgan fingerprint density at radius 1 is 1.33 bits per heavy atom. The van der Waals surface area contributed by atoms with E-state index in [9.17, 15) is 14.9 Å². The number of anilines is 2. The number of amides is 1. The first-order valence-electron chi connectivity index (χ1n) is 9.13. The molecule has 0 aromatic heterocycles. The second-order valence-electron chi connectivity index (χ2n) is 6.35. The molecule has 0 spiro atoms. The van der Waals surface area contributed by atoms with Crippen LogP contribution in [-0.2, 0) is 14.4 Å². The first kappa shape index (κ1) is 20.8. The van der Waals surface area contributed by atoms with Crippen molar-refractivity contribution in [3.05, 3.63) is 63.7 Å². The Labute approximate surface area is 172 Å². The first-order valence-corrected chi connectivity index (χ1v) is 9.13. The van der Waals surface area contributed by atoms with Crippen LogP contribution in [0.1, 0.15) is 11.1 Å². The van der Waals surface area contributed by atoms with Crippen LogP contribution in [0.5, 0.6) is 0 Å². The van der Waals surface area contributed by atoms with E-state index in [2.05, 4.69) is 10.5 Å². The summed E-state index contributed by atoms with van der Waals surface area (Å²) in [5.41, 5.74) is 1.87. The number of nitro benzene ring substituents is 1. The van der Waals surface area contributed by atoms with Crippen LogP contribution in [0.3, 0.4) is 0 Å². The van der Waals surface area contributed by atoms with Crippen LogP contribution in [0, 0.1) is 21.4 Å².